The minimum absolute atomic E-state index is 0.0704. The molecule has 0 fully saturated rings. The number of nitro benzene ring substituents is 1. The Morgan fingerprint density at radius 1 is 1.12 bits per heavy atom. The van der Waals surface area contributed by atoms with Crippen LogP contribution in [0.1, 0.15) is 17.3 Å². The van der Waals surface area contributed by atoms with Crippen molar-refractivity contribution >= 4 is 23.1 Å². The van der Waals surface area contributed by atoms with Crippen molar-refractivity contribution in [3.8, 4) is 11.5 Å². The van der Waals surface area contributed by atoms with Gasteiger partial charge in [0.15, 0.2) is 23.9 Å². The minimum Gasteiger partial charge on any atom is -0.493 e. The molecule has 0 aliphatic rings. The molecule has 0 heterocycles. The van der Waals surface area contributed by atoms with Crippen molar-refractivity contribution < 1.29 is 24.0 Å². The number of carbonyl (C=O) groups is 2. The summed E-state index contributed by atoms with van der Waals surface area (Å²) in [6.45, 7) is 1.10. The zero-order chi connectivity index (χ0) is 18.4. The summed E-state index contributed by atoms with van der Waals surface area (Å²) in [5.74, 6) is -0.147. The van der Waals surface area contributed by atoms with Gasteiger partial charge in [0.1, 0.15) is 0 Å². The molecule has 25 heavy (non-hydrogen) atoms. The van der Waals surface area contributed by atoms with Crippen molar-refractivity contribution in [3.05, 3.63) is 58.1 Å². The van der Waals surface area contributed by atoms with E-state index >= 15 is 0 Å². The smallest absolute Gasteiger partial charge is 0.273 e. The number of ether oxygens (including phenoxy) is 2. The lowest BCUT2D eigenvalue weighted by molar-refractivity contribution is -0.385. The molecule has 0 aliphatic heterocycles. The van der Waals surface area contributed by atoms with Crippen LogP contribution in [-0.2, 0) is 4.79 Å². The summed E-state index contributed by atoms with van der Waals surface area (Å²) in [4.78, 5) is 33.4. The molecule has 0 spiro atoms. The van der Waals surface area contributed by atoms with Gasteiger partial charge in [-0.2, -0.15) is 0 Å². The zero-order valence-electron chi connectivity index (χ0n) is 13.6. The van der Waals surface area contributed by atoms with Crippen molar-refractivity contribution in [2.45, 2.75) is 6.92 Å². The number of nitrogens with zero attached hydrogens (tertiary/aromatic N) is 1. The van der Waals surface area contributed by atoms with Gasteiger partial charge >= 0.3 is 0 Å². The normalized spacial score (nSPS) is 10.0. The molecule has 2 aromatic rings. The van der Waals surface area contributed by atoms with Gasteiger partial charge in [-0.1, -0.05) is 0 Å². The standard InChI is InChI=1S/C17H16N2O6/c1-11(20)12-3-5-13(6-4-12)18-17(21)10-25-16-9-14(19(22)23)7-8-15(16)24-2/h3-9H,10H2,1-2H3,(H,18,21). The van der Waals surface area contributed by atoms with E-state index in [0.717, 1.165) is 0 Å². The third-order valence-electron chi connectivity index (χ3n) is 3.29. The lowest BCUT2D eigenvalue weighted by atomic mass is 10.1. The first-order valence-corrected chi connectivity index (χ1v) is 7.27. The fourth-order valence-corrected chi connectivity index (χ4v) is 2.02. The van der Waals surface area contributed by atoms with Gasteiger partial charge in [0.05, 0.1) is 18.1 Å². The number of carbonyl (C=O) groups excluding carboxylic acids is 2. The second-order valence-electron chi connectivity index (χ2n) is 5.06. The van der Waals surface area contributed by atoms with E-state index < -0.39 is 10.8 Å². The molecule has 8 nitrogen and oxygen atoms in total. The highest BCUT2D eigenvalue weighted by Gasteiger charge is 2.14. The average molecular weight is 344 g/mol. The summed E-state index contributed by atoms with van der Waals surface area (Å²) >= 11 is 0. The fourth-order valence-electron chi connectivity index (χ4n) is 2.02. The first-order valence-electron chi connectivity index (χ1n) is 7.27. The van der Waals surface area contributed by atoms with Crippen LogP contribution in [0.5, 0.6) is 11.5 Å². The third kappa shape index (κ3) is 4.77. The number of rotatable bonds is 7. The second-order valence-corrected chi connectivity index (χ2v) is 5.06. The number of amides is 1. The molecular weight excluding hydrogens is 328 g/mol. The van der Waals surface area contributed by atoms with Gasteiger partial charge in [-0.3, -0.25) is 19.7 Å². The highest BCUT2D eigenvalue weighted by molar-refractivity contribution is 5.95. The summed E-state index contributed by atoms with van der Waals surface area (Å²) in [6.07, 6.45) is 0. The lowest BCUT2D eigenvalue weighted by Crippen LogP contribution is -2.20. The van der Waals surface area contributed by atoms with Crippen molar-refractivity contribution in [2.75, 3.05) is 19.0 Å². The van der Waals surface area contributed by atoms with Gasteiger partial charge < -0.3 is 14.8 Å². The Kier molecular flexibility index (Phi) is 5.67. The minimum atomic E-state index is -0.567. The Balaban J connectivity index is 2.00. The number of benzene rings is 2. The Labute approximate surface area is 143 Å². The number of hydrogen-bond acceptors (Lipinski definition) is 6. The second kappa shape index (κ2) is 7.91. The molecule has 130 valence electrons. The first kappa shape index (κ1) is 17.9. The van der Waals surface area contributed by atoms with Crippen LogP contribution in [0.3, 0.4) is 0 Å². The van der Waals surface area contributed by atoms with Crippen LogP contribution in [0.15, 0.2) is 42.5 Å². The van der Waals surface area contributed by atoms with Crippen LogP contribution >= 0.6 is 0 Å². The summed E-state index contributed by atoms with van der Waals surface area (Å²) in [5.41, 5.74) is 0.871. The van der Waals surface area contributed by atoms with Gasteiger partial charge in [0.2, 0.25) is 0 Å². The van der Waals surface area contributed by atoms with E-state index in [9.17, 15) is 19.7 Å². The van der Waals surface area contributed by atoms with E-state index in [1.54, 1.807) is 24.3 Å². The third-order valence-corrected chi connectivity index (χ3v) is 3.29. The molecule has 2 aromatic carbocycles. The number of Topliss-reactive ketones (excluding diaryl/α,β-unsaturated/α-hetero) is 1. The molecule has 1 N–H and O–H groups in total. The van der Waals surface area contributed by atoms with E-state index in [0.29, 0.717) is 11.3 Å². The lowest BCUT2D eigenvalue weighted by Gasteiger charge is -2.11. The van der Waals surface area contributed by atoms with Crippen molar-refractivity contribution in [2.24, 2.45) is 0 Å². The summed E-state index contributed by atoms with van der Waals surface area (Å²) in [6, 6.07) is 10.3. The summed E-state index contributed by atoms with van der Waals surface area (Å²) < 4.78 is 10.4. The maximum absolute atomic E-state index is 11.9. The average Bonchev–Trinajstić information content (AvgIpc) is 2.60. The maximum Gasteiger partial charge on any atom is 0.273 e. The summed E-state index contributed by atoms with van der Waals surface area (Å²) in [7, 11) is 1.39. The van der Waals surface area contributed by atoms with E-state index in [4.69, 9.17) is 9.47 Å². The number of methoxy groups -OCH3 is 1. The molecule has 0 saturated carbocycles. The quantitative estimate of drug-likeness (QED) is 0.470. The molecule has 0 unspecified atom stereocenters. The predicted molar refractivity (Wildman–Crippen MR) is 90.2 cm³/mol. The molecule has 0 bridgehead atoms. The Bertz CT molecular complexity index is 801. The van der Waals surface area contributed by atoms with Crippen molar-refractivity contribution in [3.63, 3.8) is 0 Å². The highest BCUT2D eigenvalue weighted by Crippen LogP contribution is 2.31. The molecule has 8 heteroatoms. The van der Waals surface area contributed by atoms with E-state index in [-0.39, 0.29) is 29.6 Å². The predicted octanol–water partition coefficient (Wildman–Crippen LogP) is 2.82. The summed E-state index contributed by atoms with van der Waals surface area (Å²) in [5, 5.41) is 13.4. The van der Waals surface area contributed by atoms with Gasteiger partial charge in [-0.25, -0.2) is 0 Å². The number of nitro groups is 1. The highest BCUT2D eigenvalue weighted by atomic mass is 16.6. The number of ketones is 1. The zero-order valence-corrected chi connectivity index (χ0v) is 13.6. The topological polar surface area (TPSA) is 108 Å². The van der Waals surface area contributed by atoms with Crippen molar-refractivity contribution in [1.82, 2.24) is 0 Å². The van der Waals surface area contributed by atoms with Gasteiger partial charge in [0.25, 0.3) is 11.6 Å². The number of hydrogen-bond donors (Lipinski definition) is 1. The molecular formula is C17H16N2O6. The molecule has 2 rings (SSSR count). The van der Waals surface area contributed by atoms with E-state index in [1.807, 2.05) is 0 Å². The van der Waals surface area contributed by atoms with Crippen LogP contribution in [0.2, 0.25) is 0 Å². The monoisotopic (exact) mass is 344 g/mol. The Morgan fingerprint density at radius 3 is 2.36 bits per heavy atom. The van der Waals surface area contributed by atoms with Crippen LogP contribution in [0, 0.1) is 10.1 Å². The van der Waals surface area contributed by atoms with E-state index in [2.05, 4.69) is 5.32 Å². The number of anilines is 1. The molecule has 0 aliphatic carbocycles. The molecule has 0 radical (unpaired) electrons. The maximum atomic E-state index is 11.9. The van der Waals surface area contributed by atoms with Gasteiger partial charge in [-0.05, 0) is 37.3 Å². The largest absolute Gasteiger partial charge is 0.493 e. The van der Waals surface area contributed by atoms with Crippen LogP contribution in [-0.4, -0.2) is 30.3 Å². The molecule has 1 amide bonds. The van der Waals surface area contributed by atoms with Crippen LogP contribution < -0.4 is 14.8 Å². The molecule has 0 aromatic heterocycles. The molecule has 0 saturated heterocycles. The van der Waals surface area contributed by atoms with Crippen molar-refractivity contribution in [1.29, 1.82) is 0 Å². The Morgan fingerprint density at radius 2 is 1.80 bits per heavy atom. The van der Waals surface area contributed by atoms with E-state index in [1.165, 1.54) is 32.2 Å². The van der Waals surface area contributed by atoms with Gasteiger partial charge in [-0.15, -0.1) is 0 Å². The molecule has 0 atom stereocenters. The van der Waals surface area contributed by atoms with Gasteiger partial charge in [0, 0.05) is 17.3 Å². The fraction of sp³-hybridized carbons (Fsp3) is 0.176. The number of nitrogens with one attached hydrogen (secondary N) is 1. The first-order chi connectivity index (χ1) is 11.9. The Hall–Kier alpha value is -3.42. The van der Waals surface area contributed by atoms with Crippen LogP contribution in [0.4, 0.5) is 11.4 Å². The van der Waals surface area contributed by atoms with Crippen LogP contribution in [0.25, 0.3) is 0 Å². The SMILES string of the molecule is COc1ccc([N+](=O)[O-])cc1OCC(=O)Nc1ccc(C(C)=O)cc1. The number of non-ortho nitro benzene ring substituents is 1.